The van der Waals surface area contributed by atoms with E-state index in [1.165, 1.54) is 10.6 Å². The van der Waals surface area contributed by atoms with E-state index in [0.29, 0.717) is 0 Å². The van der Waals surface area contributed by atoms with Crippen LogP contribution in [0.5, 0.6) is 0 Å². The van der Waals surface area contributed by atoms with E-state index in [1.54, 1.807) is 0 Å². The standard InChI is InChI=1S/C4H2ClN3O5/c5-4(8(12)13)1(9)6-3(11)7-2(4)10/h(H2,6,7,9,10,11). The van der Waals surface area contributed by atoms with Gasteiger partial charge in [0.25, 0.3) is 0 Å². The number of urea groups is 1. The van der Waals surface area contributed by atoms with Crippen LogP contribution in [0.4, 0.5) is 4.79 Å². The molecule has 13 heavy (non-hydrogen) atoms. The van der Waals surface area contributed by atoms with Crippen LogP contribution in [0.1, 0.15) is 0 Å². The summed E-state index contributed by atoms with van der Waals surface area (Å²) in [6.07, 6.45) is 0. The highest BCUT2D eigenvalue weighted by Gasteiger charge is 2.61. The summed E-state index contributed by atoms with van der Waals surface area (Å²) in [6.45, 7) is 0. The molecule has 4 amide bonds. The molecule has 0 atom stereocenters. The molecular formula is C4H2ClN3O5. The highest BCUT2D eigenvalue weighted by molar-refractivity contribution is 6.47. The molecule has 1 fully saturated rings. The van der Waals surface area contributed by atoms with Gasteiger partial charge in [0, 0.05) is 0 Å². The molecule has 1 aliphatic rings. The average molecular weight is 208 g/mol. The van der Waals surface area contributed by atoms with E-state index < -0.39 is 27.8 Å². The summed E-state index contributed by atoms with van der Waals surface area (Å²) in [6, 6.07) is -1.13. The average Bonchev–Trinajstić information content (AvgIpc) is 1.99. The maximum absolute atomic E-state index is 10.8. The molecule has 0 aromatic rings. The molecule has 2 N–H and O–H groups in total. The van der Waals surface area contributed by atoms with Crippen molar-refractivity contribution in [2.75, 3.05) is 0 Å². The fourth-order valence-electron chi connectivity index (χ4n) is 0.672. The largest absolute Gasteiger partial charge is 0.449 e. The zero-order chi connectivity index (χ0) is 10.2. The Kier molecular flexibility index (Phi) is 1.92. The second-order valence-electron chi connectivity index (χ2n) is 2.12. The minimum absolute atomic E-state index is 1.13. The smallest absolute Gasteiger partial charge is 0.270 e. The van der Waals surface area contributed by atoms with Gasteiger partial charge in [0.1, 0.15) is 0 Å². The maximum atomic E-state index is 10.8. The van der Waals surface area contributed by atoms with Gasteiger partial charge < -0.3 is 0 Å². The number of hydrogen-bond donors (Lipinski definition) is 2. The van der Waals surface area contributed by atoms with E-state index >= 15 is 0 Å². The monoisotopic (exact) mass is 207 g/mol. The summed E-state index contributed by atoms with van der Waals surface area (Å²) in [5, 5.41) is 13.2. The third kappa shape index (κ3) is 1.20. The first-order valence-electron chi connectivity index (χ1n) is 2.89. The van der Waals surface area contributed by atoms with Gasteiger partial charge >= 0.3 is 22.8 Å². The molecule has 1 heterocycles. The van der Waals surface area contributed by atoms with Gasteiger partial charge in [-0.2, -0.15) is 0 Å². The van der Waals surface area contributed by atoms with Crippen molar-refractivity contribution in [2.24, 2.45) is 0 Å². The lowest BCUT2D eigenvalue weighted by molar-refractivity contribution is -0.511. The molecule has 0 aliphatic carbocycles. The number of nitrogens with one attached hydrogen (secondary N) is 2. The van der Waals surface area contributed by atoms with E-state index in [0.717, 1.165) is 0 Å². The van der Waals surface area contributed by atoms with Crippen molar-refractivity contribution in [3.8, 4) is 0 Å². The Hall–Kier alpha value is -1.70. The normalized spacial score (nSPS) is 20.5. The summed E-state index contributed by atoms with van der Waals surface area (Å²) in [7, 11) is 0. The van der Waals surface area contributed by atoms with Gasteiger partial charge in [-0.25, -0.2) is 4.79 Å². The second kappa shape index (κ2) is 2.66. The third-order valence-electron chi connectivity index (χ3n) is 1.31. The number of nitro groups is 1. The molecule has 0 unspecified atom stereocenters. The Morgan fingerprint density at radius 1 is 1.23 bits per heavy atom. The predicted octanol–water partition coefficient (Wildman–Crippen LogP) is -1.44. The summed E-state index contributed by atoms with van der Waals surface area (Å²) in [5.41, 5.74) is 0. The lowest BCUT2D eigenvalue weighted by Gasteiger charge is -2.20. The fourth-order valence-corrected chi connectivity index (χ4v) is 0.767. The van der Waals surface area contributed by atoms with Gasteiger partial charge in [0.2, 0.25) is 0 Å². The number of alkyl halides is 1. The van der Waals surface area contributed by atoms with E-state index in [1.807, 2.05) is 0 Å². The molecule has 0 saturated carbocycles. The minimum atomic E-state index is -2.95. The van der Waals surface area contributed by atoms with Crippen molar-refractivity contribution in [1.82, 2.24) is 10.6 Å². The summed E-state index contributed by atoms with van der Waals surface area (Å²) in [4.78, 5) is 38.1. The molecule has 9 heteroatoms. The molecule has 0 bridgehead atoms. The molecule has 8 nitrogen and oxygen atoms in total. The Morgan fingerprint density at radius 3 is 1.92 bits per heavy atom. The van der Waals surface area contributed by atoms with Gasteiger partial charge in [-0.15, -0.1) is 0 Å². The highest BCUT2D eigenvalue weighted by atomic mass is 35.5. The number of nitrogens with zero attached hydrogens (tertiary/aromatic N) is 1. The zero-order valence-corrected chi connectivity index (χ0v) is 6.62. The van der Waals surface area contributed by atoms with Crippen LogP contribution in [0.25, 0.3) is 0 Å². The predicted molar refractivity (Wildman–Crippen MR) is 37.3 cm³/mol. The first-order valence-corrected chi connectivity index (χ1v) is 3.27. The third-order valence-corrected chi connectivity index (χ3v) is 1.79. The number of amides is 4. The maximum Gasteiger partial charge on any atom is 0.449 e. The number of carbonyl (C=O) groups excluding carboxylic acids is 3. The fraction of sp³-hybridized carbons (Fsp3) is 0.250. The van der Waals surface area contributed by atoms with Crippen molar-refractivity contribution >= 4 is 29.4 Å². The van der Waals surface area contributed by atoms with Gasteiger partial charge in [-0.1, -0.05) is 0 Å². The lowest BCUT2D eigenvalue weighted by atomic mass is 10.2. The van der Waals surface area contributed by atoms with Crippen molar-refractivity contribution in [1.29, 1.82) is 0 Å². The van der Waals surface area contributed by atoms with Crippen LogP contribution in [-0.4, -0.2) is 27.8 Å². The van der Waals surface area contributed by atoms with Crippen molar-refractivity contribution in [2.45, 2.75) is 5.00 Å². The molecule has 1 saturated heterocycles. The Labute approximate surface area is 75.4 Å². The van der Waals surface area contributed by atoms with Crippen LogP contribution in [-0.2, 0) is 9.59 Å². The van der Waals surface area contributed by atoms with Crippen molar-refractivity contribution in [3.05, 3.63) is 10.1 Å². The van der Waals surface area contributed by atoms with E-state index in [-0.39, 0.29) is 0 Å². The lowest BCUT2D eigenvalue weighted by Crippen LogP contribution is -2.67. The van der Waals surface area contributed by atoms with Crippen LogP contribution in [0, 0.1) is 10.1 Å². The summed E-state index contributed by atoms with van der Waals surface area (Å²) < 4.78 is 0. The number of carbonyl (C=O) groups is 3. The van der Waals surface area contributed by atoms with Crippen molar-refractivity contribution < 1.29 is 19.3 Å². The number of imide groups is 2. The van der Waals surface area contributed by atoms with Gasteiger partial charge in [0.15, 0.2) is 0 Å². The first-order chi connectivity index (χ1) is 5.89. The molecular weight excluding hydrogens is 206 g/mol. The van der Waals surface area contributed by atoms with Gasteiger partial charge in [0.05, 0.1) is 4.92 Å². The Bertz CT molecular complexity index is 306. The van der Waals surface area contributed by atoms with Crippen LogP contribution in [0.2, 0.25) is 0 Å². The highest BCUT2D eigenvalue weighted by Crippen LogP contribution is 2.18. The SMILES string of the molecule is O=C1NC(=O)C(Cl)([N+](=O)[O-])C(=O)N1. The molecule has 0 aromatic carbocycles. The van der Waals surface area contributed by atoms with E-state index in [4.69, 9.17) is 11.6 Å². The number of halogens is 1. The van der Waals surface area contributed by atoms with Crippen LogP contribution >= 0.6 is 11.6 Å². The number of barbiturate groups is 1. The molecule has 70 valence electrons. The molecule has 0 spiro atoms. The van der Waals surface area contributed by atoms with Gasteiger partial charge in [-0.05, 0) is 11.6 Å². The topological polar surface area (TPSA) is 118 Å². The minimum Gasteiger partial charge on any atom is -0.270 e. The molecule has 1 rings (SSSR count). The molecule has 0 radical (unpaired) electrons. The van der Waals surface area contributed by atoms with Crippen LogP contribution in [0.15, 0.2) is 0 Å². The van der Waals surface area contributed by atoms with E-state index in [9.17, 15) is 24.5 Å². The first kappa shape index (κ1) is 9.39. The molecule has 1 aliphatic heterocycles. The van der Waals surface area contributed by atoms with E-state index in [2.05, 4.69) is 0 Å². The van der Waals surface area contributed by atoms with Crippen LogP contribution in [0.3, 0.4) is 0 Å². The van der Waals surface area contributed by atoms with Crippen LogP contribution < -0.4 is 10.6 Å². The summed E-state index contributed by atoms with van der Waals surface area (Å²) >= 11 is 5.10. The van der Waals surface area contributed by atoms with Crippen molar-refractivity contribution in [3.63, 3.8) is 0 Å². The quantitative estimate of drug-likeness (QED) is 0.180. The Balaban J connectivity index is 3.10. The summed E-state index contributed by atoms with van der Waals surface area (Å²) in [5.74, 6) is -2.93. The number of rotatable bonds is 1. The molecule has 0 aromatic heterocycles. The van der Waals surface area contributed by atoms with Gasteiger partial charge in [-0.3, -0.25) is 30.3 Å². The number of hydrogen-bond acceptors (Lipinski definition) is 5. The zero-order valence-electron chi connectivity index (χ0n) is 5.87. The second-order valence-corrected chi connectivity index (χ2v) is 2.66. The Morgan fingerprint density at radius 2 is 1.62 bits per heavy atom.